The Morgan fingerprint density at radius 3 is 2.59 bits per heavy atom. The van der Waals surface area contributed by atoms with Crippen LogP contribution < -0.4 is 5.32 Å². The minimum atomic E-state index is -0.420. The molecule has 0 aromatic carbocycles. The molecule has 3 amide bonds. The van der Waals surface area contributed by atoms with Gasteiger partial charge in [-0.1, -0.05) is 31.0 Å². The summed E-state index contributed by atoms with van der Waals surface area (Å²) in [4.78, 5) is 47.2. The first-order valence-corrected chi connectivity index (χ1v) is 8.47. The number of ether oxygens (including phenoxy) is 1. The van der Waals surface area contributed by atoms with Crippen LogP contribution in [0.1, 0.15) is 32.1 Å². The summed E-state index contributed by atoms with van der Waals surface area (Å²) in [5.74, 6) is -0.898. The standard InChI is InChI=1S/C14H20N2O5S/c17-11(8-21-13(19)10-4-2-1-3-5-10)15-6-7-16-12(18)9-22-14(16)20/h10H,1-9H2,(H,15,17). The lowest BCUT2D eigenvalue weighted by molar-refractivity contribution is -0.153. The minimum Gasteiger partial charge on any atom is -0.455 e. The first kappa shape index (κ1) is 16.8. The predicted molar refractivity (Wildman–Crippen MR) is 80.1 cm³/mol. The van der Waals surface area contributed by atoms with Gasteiger partial charge in [-0.15, -0.1) is 0 Å². The van der Waals surface area contributed by atoms with Gasteiger partial charge in [0, 0.05) is 13.1 Å². The van der Waals surface area contributed by atoms with Gasteiger partial charge < -0.3 is 10.1 Å². The third kappa shape index (κ3) is 4.72. The summed E-state index contributed by atoms with van der Waals surface area (Å²) in [7, 11) is 0. The van der Waals surface area contributed by atoms with Gasteiger partial charge in [0.1, 0.15) is 0 Å². The normalized spacial score (nSPS) is 19.4. The molecule has 1 saturated carbocycles. The first-order chi connectivity index (χ1) is 10.6. The summed E-state index contributed by atoms with van der Waals surface area (Å²) in [5, 5.41) is 2.25. The number of nitrogens with zero attached hydrogens (tertiary/aromatic N) is 1. The van der Waals surface area contributed by atoms with Crippen molar-refractivity contribution in [1.29, 1.82) is 0 Å². The monoisotopic (exact) mass is 328 g/mol. The van der Waals surface area contributed by atoms with Crippen molar-refractivity contribution in [2.75, 3.05) is 25.4 Å². The van der Waals surface area contributed by atoms with Crippen LogP contribution in [0.15, 0.2) is 0 Å². The van der Waals surface area contributed by atoms with E-state index in [2.05, 4.69) is 5.32 Å². The van der Waals surface area contributed by atoms with Crippen molar-refractivity contribution in [2.24, 2.45) is 5.92 Å². The molecule has 2 rings (SSSR count). The number of hydrogen-bond acceptors (Lipinski definition) is 6. The van der Waals surface area contributed by atoms with E-state index >= 15 is 0 Å². The molecular formula is C14H20N2O5S. The third-order valence-corrected chi connectivity index (χ3v) is 4.64. The molecule has 0 radical (unpaired) electrons. The number of imide groups is 1. The van der Waals surface area contributed by atoms with Crippen LogP contribution in [0.2, 0.25) is 0 Å². The topological polar surface area (TPSA) is 92.8 Å². The Kier molecular flexibility index (Phi) is 6.23. The van der Waals surface area contributed by atoms with E-state index in [-0.39, 0.29) is 48.5 Å². The third-order valence-electron chi connectivity index (χ3n) is 3.78. The lowest BCUT2D eigenvalue weighted by Gasteiger charge is -2.19. The maximum absolute atomic E-state index is 11.8. The average Bonchev–Trinajstić information content (AvgIpc) is 2.85. The number of thioether (sulfide) groups is 1. The van der Waals surface area contributed by atoms with Gasteiger partial charge in [-0.2, -0.15) is 0 Å². The molecule has 0 spiro atoms. The van der Waals surface area contributed by atoms with E-state index in [1.165, 1.54) is 0 Å². The molecule has 1 aliphatic carbocycles. The zero-order valence-electron chi connectivity index (χ0n) is 12.3. The van der Waals surface area contributed by atoms with Gasteiger partial charge >= 0.3 is 5.97 Å². The molecule has 0 bridgehead atoms. The Hall–Kier alpha value is -1.57. The summed E-state index contributed by atoms with van der Waals surface area (Å²) in [5.41, 5.74) is 0. The lowest BCUT2D eigenvalue weighted by Crippen LogP contribution is -2.39. The highest BCUT2D eigenvalue weighted by Gasteiger charge is 2.29. The van der Waals surface area contributed by atoms with E-state index in [9.17, 15) is 19.2 Å². The Labute approximate surface area is 133 Å². The quantitative estimate of drug-likeness (QED) is 0.729. The van der Waals surface area contributed by atoms with Crippen LogP contribution in [0, 0.1) is 5.92 Å². The molecule has 0 aromatic heterocycles. The molecule has 122 valence electrons. The van der Waals surface area contributed by atoms with Gasteiger partial charge in [-0.3, -0.25) is 24.1 Å². The Morgan fingerprint density at radius 2 is 1.95 bits per heavy atom. The van der Waals surface area contributed by atoms with E-state index in [4.69, 9.17) is 4.74 Å². The maximum atomic E-state index is 11.8. The van der Waals surface area contributed by atoms with Crippen LogP contribution in [-0.4, -0.2) is 53.4 Å². The smallest absolute Gasteiger partial charge is 0.309 e. The Morgan fingerprint density at radius 1 is 1.23 bits per heavy atom. The number of carbonyl (C=O) groups excluding carboxylic acids is 4. The molecule has 8 heteroatoms. The van der Waals surface area contributed by atoms with Crippen molar-refractivity contribution in [2.45, 2.75) is 32.1 Å². The number of rotatable bonds is 6. The fraction of sp³-hybridized carbons (Fsp3) is 0.714. The van der Waals surface area contributed by atoms with Gasteiger partial charge in [0.05, 0.1) is 11.7 Å². The van der Waals surface area contributed by atoms with E-state index < -0.39 is 5.91 Å². The highest BCUT2D eigenvalue weighted by molar-refractivity contribution is 8.14. The van der Waals surface area contributed by atoms with E-state index in [0.717, 1.165) is 48.8 Å². The molecule has 2 aliphatic rings. The second-order valence-electron chi connectivity index (χ2n) is 5.39. The van der Waals surface area contributed by atoms with Crippen LogP contribution in [0.3, 0.4) is 0 Å². The summed E-state index contributed by atoms with van der Waals surface area (Å²) in [6, 6.07) is 0. The molecule has 22 heavy (non-hydrogen) atoms. The largest absolute Gasteiger partial charge is 0.455 e. The zero-order valence-corrected chi connectivity index (χ0v) is 13.2. The van der Waals surface area contributed by atoms with Gasteiger partial charge in [0.15, 0.2) is 6.61 Å². The van der Waals surface area contributed by atoms with E-state index in [0.29, 0.717) is 0 Å². The molecule has 0 atom stereocenters. The molecule has 1 aliphatic heterocycles. The number of nitrogens with one attached hydrogen (secondary N) is 1. The number of esters is 1. The molecule has 2 fully saturated rings. The second kappa shape index (κ2) is 8.17. The van der Waals surface area contributed by atoms with Gasteiger partial charge in [0.2, 0.25) is 5.91 Å². The van der Waals surface area contributed by atoms with Crippen molar-refractivity contribution >= 4 is 34.8 Å². The van der Waals surface area contributed by atoms with Gasteiger partial charge in [-0.25, -0.2) is 0 Å². The van der Waals surface area contributed by atoms with E-state index in [1.807, 2.05) is 0 Å². The zero-order chi connectivity index (χ0) is 15.9. The Bertz CT molecular complexity index is 446. The fourth-order valence-corrected chi connectivity index (χ4v) is 3.30. The molecular weight excluding hydrogens is 308 g/mol. The van der Waals surface area contributed by atoms with Crippen molar-refractivity contribution in [3.63, 3.8) is 0 Å². The number of carbonyl (C=O) groups is 4. The van der Waals surface area contributed by atoms with Crippen molar-refractivity contribution in [3.05, 3.63) is 0 Å². The molecule has 1 heterocycles. The van der Waals surface area contributed by atoms with Crippen molar-refractivity contribution in [1.82, 2.24) is 10.2 Å². The lowest BCUT2D eigenvalue weighted by atomic mass is 9.89. The van der Waals surface area contributed by atoms with Crippen LogP contribution in [0.4, 0.5) is 4.79 Å². The van der Waals surface area contributed by atoms with E-state index in [1.54, 1.807) is 0 Å². The second-order valence-corrected chi connectivity index (χ2v) is 6.32. The summed E-state index contributed by atoms with van der Waals surface area (Å²) < 4.78 is 5.01. The first-order valence-electron chi connectivity index (χ1n) is 7.48. The minimum absolute atomic E-state index is 0.0848. The summed E-state index contributed by atoms with van der Waals surface area (Å²) in [6.07, 6.45) is 4.87. The van der Waals surface area contributed by atoms with Crippen molar-refractivity contribution in [3.8, 4) is 0 Å². The molecule has 1 saturated heterocycles. The highest BCUT2D eigenvalue weighted by Crippen LogP contribution is 2.24. The van der Waals surface area contributed by atoms with Crippen LogP contribution >= 0.6 is 11.8 Å². The van der Waals surface area contributed by atoms with Crippen LogP contribution in [0.25, 0.3) is 0 Å². The van der Waals surface area contributed by atoms with Gasteiger partial charge in [0.25, 0.3) is 11.1 Å². The van der Waals surface area contributed by atoms with Crippen LogP contribution in [0.5, 0.6) is 0 Å². The highest BCUT2D eigenvalue weighted by atomic mass is 32.2. The Balaban J connectivity index is 1.60. The maximum Gasteiger partial charge on any atom is 0.309 e. The van der Waals surface area contributed by atoms with Crippen LogP contribution in [-0.2, 0) is 19.1 Å². The molecule has 1 N–H and O–H groups in total. The summed E-state index contributed by atoms with van der Waals surface area (Å²) in [6.45, 7) is -0.00317. The molecule has 7 nitrogen and oxygen atoms in total. The number of hydrogen-bond donors (Lipinski definition) is 1. The van der Waals surface area contributed by atoms with Gasteiger partial charge in [-0.05, 0) is 12.8 Å². The SMILES string of the molecule is O=C(COC(=O)C1CCCCC1)NCCN1C(=O)CSC1=O. The molecule has 0 unspecified atom stereocenters. The molecule has 0 aromatic rings. The predicted octanol–water partition coefficient (Wildman–Crippen LogP) is 0.922. The number of amides is 3. The summed E-state index contributed by atoms with van der Waals surface area (Å²) >= 11 is 0.958. The average molecular weight is 328 g/mol. The van der Waals surface area contributed by atoms with Crippen molar-refractivity contribution < 1.29 is 23.9 Å². The fourth-order valence-electron chi connectivity index (χ4n) is 2.55.